The van der Waals surface area contributed by atoms with Crippen molar-refractivity contribution in [2.24, 2.45) is 10.9 Å². The number of esters is 2. The van der Waals surface area contributed by atoms with Crippen molar-refractivity contribution >= 4 is 29.3 Å². The highest BCUT2D eigenvalue weighted by Crippen LogP contribution is 2.42. The van der Waals surface area contributed by atoms with Gasteiger partial charge in [0.1, 0.15) is 5.92 Å². The highest BCUT2D eigenvalue weighted by atomic mass is 35.5. The SMILES string of the molecule is CCOC(=O)C1C(C)=NC(C)=C(C(=O)OC)[C@@H]1c1ccccc1Cl. The van der Waals surface area contributed by atoms with Gasteiger partial charge in [-0.05, 0) is 32.4 Å². The Labute approximate surface area is 146 Å². The van der Waals surface area contributed by atoms with Crippen molar-refractivity contribution in [3.8, 4) is 0 Å². The first-order chi connectivity index (χ1) is 11.4. The van der Waals surface area contributed by atoms with Gasteiger partial charge in [0.15, 0.2) is 0 Å². The van der Waals surface area contributed by atoms with E-state index in [2.05, 4.69) is 4.99 Å². The average Bonchev–Trinajstić information content (AvgIpc) is 2.54. The van der Waals surface area contributed by atoms with Crippen molar-refractivity contribution in [1.29, 1.82) is 0 Å². The average molecular weight is 350 g/mol. The van der Waals surface area contributed by atoms with Crippen LogP contribution < -0.4 is 0 Å². The molecule has 0 saturated carbocycles. The Morgan fingerprint density at radius 2 is 1.92 bits per heavy atom. The number of hydrogen-bond acceptors (Lipinski definition) is 5. The minimum atomic E-state index is -0.720. The number of aliphatic imine (C=N–C) groups is 1. The number of methoxy groups -OCH3 is 1. The lowest BCUT2D eigenvalue weighted by Gasteiger charge is -2.31. The summed E-state index contributed by atoms with van der Waals surface area (Å²) in [6.45, 7) is 5.46. The molecule has 0 aromatic heterocycles. The third-order valence-corrected chi connectivity index (χ3v) is 4.36. The minimum Gasteiger partial charge on any atom is -0.466 e. The van der Waals surface area contributed by atoms with Crippen molar-refractivity contribution < 1.29 is 19.1 Å². The third kappa shape index (κ3) is 3.36. The lowest BCUT2D eigenvalue weighted by molar-refractivity contribution is -0.146. The molecule has 0 aliphatic carbocycles. The van der Waals surface area contributed by atoms with Gasteiger partial charge >= 0.3 is 11.9 Å². The Morgan fingerprint density at radius 3 is 2.50 bits per heavy atom. The second-order valence-electron chi connectivity index (χ2n) is 5.47. The minimum absolute atomic E-state index is 0.244. The van der Waals surface area contributed by atoms with Crippen LogP contribution in [0.4, 0.5) is 0 Å². The molecule has 1 aromatic rings. The molecule has 1 aromatic carbocycles. The van der Waals surface area contributed by atoms with E-state index in [4.69, 9.17) is 21.1 Å². The number of nitrogens with zero attached hydrogens (tertiary/aromatic N) is 1. The number of hydrogen-bond donors (Lipinski definition) is 0. The van der Waals surface area contributed by atoms with E-state index in [9.17, 15) is 9.59 Å². The fourth-order valence-electron chi connectivity index (χ4n) is 3.01. The summed E-state index contributed by atoms with van der Waals surface area (Å²) in [5, 5.41) is 0.473. The molecular formula is C18H20ClNO4. The zero-order valence-corrected chi connectivity index (χ0v) is 14.9. The summed E-state index contributed by atoms with van der Waals surface area (Å²) in [6.07, 6.45) is 0. The molecule has 2 rings (SSSR count). The Morgan fingerprint density at radius 1 is 1.25 bits per heavy atom. The second kappa shape index (κ2) is 7.62. The molecule has 2 atom stereocenters. The van der Waals surface area contributed by atoms with Crippen molar-refractivity contribution in [3.63, 3.8) is 0 Å². The van der Waals surface area contributed by atoms with Crippen LogP contribution in [0.2, 0.25) is 5.02 Å². The number of benzene rings is 1. The van der Waals surface area contributed by atoms with Gasteiger partial charge in [-0.3, -0.25) is 9.79 Å². The molecule has 6 heteroatoms. The Kier molecular flexibility index (Phi) is 5.78. The lowest BCUT2D eigenvalue weighted by atomic mass is 9.75. The van der Waals surface area contributed by atoms with Gasteiger partial charge in [0.25, 0.3) is 0 Å². The van der Waals surface area contributed by atoms with Crippen molar-refractivity contribution in [2.45, 2.75) is 26.7 Å². The maximum absolute atomic E-state index is 12.5. The summed E-state index contributed by atoms with van der Waals surface area (Å²) in [7, 11) is 1.30. The molecule has 0 amide bonds. The van der Waals surface area contributed by atoms with E-state index in [0.717, 1.165) is 0 Å². The number of carbonyl (C=O) groups excluding carboxylic acids is 2. The van der Waals surface area contributed by atoms with Crippen molar-refractivity contribution in [1.82, 2.24) is 0 Å². The molecule has 0 radical (unpaired) electrons. The van der Waals surface area contributed by atoms with Crippen LogP contribution in [0.25, 0.3) is 0 Å². The number of allylic oxidation sites excluding steroid dienone is 1. The van der Waals surface area contributed by atoms with E-state index in [1.165, 1.54) is 7.11 Å². The van der Waals surface area contributed by atoms with Crippen LogP contribution in [0.3, 0.4) is 0 Å². The van der Waals surface area contributed by atoms with E-state index in [0.29, 0.717) is 27.6 Å². The van der Waals surface area contributed by atoms with Gasteiger partial charge < -0.3 is 9.47 Å². The van der Waals surface area contributed by atoms with E-state index < -0.39 is 23.8 Å². The molecule has 0 spiro atoms. The summed E-state index contributed by atoms with van der Waals surface area (Å²) >= 11 is 6.35. The topological polar surface area (TPSA) is 65.0 Å². The summed E-state index contributed by atoms with van der Waals surface area (Å²) in [6, 6.07) is 7.14. The first-order valence-electron chi connectivity index (χ1n) is 7.67. The van der Waals surface area contributed by atoms with E-state index in [-0.39, 0.29) is 6.61 Å². The molecule has 0 N–H and O–H groups in total. The van der Waals surface area contributed by atoms with Crippen LogP contribution in [0.1, 0.15) is 32.3 Å². The van der Waals surface area contributed by atoms with Crippen LogP contribution >= 0.6 is 11.6 Å². The largest absolute Gasteiger partial charge is 0.466 e. The first kappa shape index (κ1) is 18.2. The van der Waals surface area contributed by atoms with Crippen LogP contribution in [0.15, 0.2) is 40.5 Å². The molecule has 5 nitrogen and oxygen atoms in total. The molecular weight excluding hydrogens is 330 g/mol. The molecule has 1 aliphatic rings. The van der Waals surface area contributed by atoms with Crippen LogP contribution in [0.5, 0.6) is 0 Å². The van der Waals surface area contributed by atoms with Crippen LogP contribution in [-0.2, 0) is 19.1 Å². The highest BCUT2D eigenvalue weighted by Gasteiger charge is 2.42. The maximum Gasteiger partial charge on any atom is 0.336 e. The predicted octanol–water partition coefficient (Wildman–Crippen LogP) is 3.52. The van der Waals surface area contributed by atoms with E-state index >= 15 is 0 Å². The standard InChI is InChI=1S/C18H20ClNO4/c1-5-24-18(22)15-11(3)20-10(2)14(17(21)23-4)16(15)12-8-6-7-9-13(12)19/h6-9,15-16H,5H2,1-4H3/t15?,16-/m0/s1. The number of ether oxygens (including phenoxy) is 2. The molecule has 24 heavy (non-hydrogen) atoms. The molecule has 1 aliphatic heterocycles. The zero-order valence-electron chi connectivity index (χ0n) is 14.1. The van der Waals surface area contributed by atoms with Crippen LogP contribution in [0, 0.1) is 5.92 Å². The van der Waals surface area contributed by atoms with Crippen molar-refractivity contribution in [2.75, 3.05) is 13.7 Å². The predicted molar refractivity (Wildman–Crippen MR) is 92.1 cm³/mol. The zero-order chi connectivity index (χ0) is 17.9. The summed E-state index contributed by atoms with van der Waals surface area (Å²) in [5.41, 5.74) is 2.11. The van der Waals surface area contributed by atoms with Gasteiger partial charge in [0, 0.05) is 22.3 Å². The summed E-state index contributed by atoms with van der Waals surface area (Å²) in [5.74, 6) is -2.27. The van der Waals surface area contributed by atoms with Gasteiger partial charge in [-0.15, -0.1) is 0 Å². The number of halogens is 1. The van der Waals surface area contributed by atoms with E-state index in [1.54, 1.807) is 39.0 Å². The number of carbonyl (C=O) groups is 2. The first-order valence-corrected chi connectivity index (χ1v) is 8.05. The summed E-state index contributed by atoms with van der Waals surface area (Å²) < 4.78 is 10.1. The third-order valence-electron chi connectivity index (χ3n) is 4.01. The molecule has 0 fully saturated rings. The molecule has 128 valence electrons. The van der Waals surface area contributed by atoms with Crippen LogP contribution in [-0.4, -0.2) is 31.4 Å². The Balaban J connectivity index is 2.67. The van der Waals surface area contributed by atoms with Gasteiger partial charge in [0.2, 0.25) is 0 Å². The highest BCUT2D eigenvalue weighted by molar-refractivity contribution is 6.31. The van der Waals surface area contributed by atoms with Crippen molar-refractivity contribution in [3.05, 3.63) is 46.1 Å². The maximum atomic E-state index is 12.5. The van der Waals surface area contributed by atoms with Gasteiger partial charge in [-0.25, -0.2) is 4.79 Å². The van der Waals surface area contributed by atoms with Gasteiger partial charge in [-0.2, -0.15) is 0 Å². The van der Waals surface area contributed by atoms with E-state index in [1.807, 2.05) is 6.07 Å². The molecule has 0 bridgehead atoms. The quantitative estimate of drug-likeness (QED) is 0.780. The van der Waals surface area contributed by atoms with Gasteiger partial charge in [0.05, 0.1) is 19.3 Å². The molecule has 1 heterocycles. The Bertz CT molecular complexity index is 723. The van der Waals surface area contributed by atoms with Gasteiger partial charge in [-0.1, -0.05) is 29.8 Å². The second-order valence-corrected chi connectivity index (χ2v) is 5.88. The monoisotopic (exact) mass is 349 g/mol. The normalized spacial score (nSPS) is 20.5. The Hall–Kier alpha value is -2.14. The smallest absolute Gasteiger partial charge is 0.336 e. The number of rotatable bonds is 4. The summed E-state index contributed by atoms with van der Waals surface area (Å²) in [4.78, 5) is 29.3. The molecule has 0 saturated heterocycles. The fourth-order valence-corrected chi connectivity index (χ4v) is 3.27. The fraction of sp³-hybridized carbons (Fsp3) is 0.389. The lowest BCUT2D eigenvalue weighted by Crippen LogP contribution is -2.36. The molecule has 1 unspecified atom stereocenters.